The molecule has 0 saturated heterocycles. The lowest BCUT2D eigenvalue weighted by Gasteiger charge is -2.10. The molecular weight excluding hydrogens is 261 g/mol. The monoisotopic (exact) mass is 277 g/mol. The van der Waals surface area contributed by atoms with Crippen molar-refractivity contribution < 1.29 is 13.7 Å². The van der Waals surface area contributed by atoms with Gasteiger partial charge in [-0.3, -0.25) is 0 Å². The molecule has 1 atom stereocenters. The third kappa shape index (κ3) is 2.51. The van der Waals surface area contributed by atoms with Crippen LogP contribution in [0.1, 0.15) is 31.7 Å². The van der Waals surface area contributed by atoms with Crippen LogP contribution in [0.25, 0.3) is 11.5 Å². The van der Waals surface area contributed by atoms with E-state index >= 15 is 0 Å². The predicted molar refractivity (Wildman–Crippen MR) is 71.2 cm³/mol. The number of ether oxygens (including phenoxy) is 1. The third-order valence-electron chi connectivity index (χ3n) is 3.34. The molecule has 0 radical (unpaired) electrons. The van der Waals surface area contributed by atoms with Crippen LogP contribution in [0.3, 0.4) is 0 Å². The molecule has 1 aromatic heterocycles. The lowest BCUT2D eigenvalue weighted by Crippen LogP contribution is -2.08. The highest BCUT2D eigenvalue weighted by Gasteiger charge is 2.36. The van der Waals surface area contributed by atoms with E-state index in [1.807, 2.05) is 6.92 Å². The SMILES string of the molecule is CCOC(c1noc(-c2ccc(N)c(F)c2)n1)C1CC1. The standard InChI is InChI=1S/C14H16FN3O2/c1-2-19-12(8-3-4-8)13-17-14(20-18-13)9-5-6-11(16)10(15)7-9/h5-8,12H,2-4,16H2,1H3. The summed E-state index contributed by atoms with van der Waals surface area (Å²) in [7, 11) is 0. The molecule has 1 aliphatic carbocycles. The summed E-state index contributed by atoms with van der Waals surface area (Å²) in [6.07, 6.45) is 2.10. The first kappa shape index (κ1) is 13.1. The topological polar surface area (TPSA) is 74.2 Å². The van der Waals surface area contributed by atoms with Gasteiger partial charge in [0.05, 0.1) is 5.69 Å². The largest absolute Gasteiger partial charge is 0.396 e. The van der Waals surface area contributed by atoms with Crippen LogP contribution in [-0.4, -0.2) is 16.7 Å². The number of halogens is 1. The van der Waals surface area contributed by atoms with E-state index in [9.17, 15) is 4.39 Å². The third-order valence-corrected chi connectivity index (χ3v) is 3.34. The minimum Gasteiger partial charge on any atom is -0.396 e. The maximum atomic E-state index is 13.4. The molecule has 1 fully saturated rings. The summed E-state index contributed by atoms with van der Waals surface area (Å²) in [4.78, 5) is 4.32. The molecular formula is C14H16FN3O2. The fourth-order valence-corrected chi connectivity index (χ4v) is 2.13. The van der Waals surface area contributed by atoms with Crippen LogP contribution in [0.5, 0.6) is 0 Å². The zero-order valence-electron chi connectivity index (χ0n) is 11.2. The van der Waals surface area contributed by atoms with E-state index in [0.717, 1.165) is 12.8 Å². The number of anilines is 1. The van der Waals surface area contributed by atoms with Crippen LogP contribution < -0.4 is 5.73 Å². The van der Waals surface area contributed by atoms with Gasteiger partial charge in [-0.05, 0) is 43.9 Å². The molecule has 6 heteroatoms. The van der Waals surface area contributed by atoms with Gasteiger partial charge in [0.2, 0.25) is 5.82 Å². The number of nitrogen functional groups attached to an aromatic ring is 1. The van der Waals surface area contributed by atoms with Crippen LogP contribution in [0, 0.1) is 11.7 Å². The van der Waals surface area contributed by atoms with Crippen LogP contribution in [0.15, 0.2) is 22.7 Å². The molecule has 20 heavy (non-hydrogen) atoms. The Bertz CT molecular complexity index is 610. The molecule has 5 nitrogen and oxygen atoms in total. The Balaban J connectivity index is 1.86. The smallest absolute Gasteiger partial charge is 0.258 e. The number of aromatic nitrogens is 2. The summed E-state index contributed by atoms with van der Waals surface area (Å²) in [6.45, 7) is 2.53. The highest BCUT2D eigenvalue weighted by atomic mass is 19.1. The van der Waals surface area contributed by atoms with Crippen molar-refractivity contribution in [3.63, 3.8) is 0 Å². The summed E-state index contributed by atoms with van der Waals surface area (Å²) in [5.41, 5.74) is 6.06. The quantitative estimate of drug-likeness (QED) is 0.850. The highest BCUT2D eigenvalue weighted by molar-refractivity contribution is 5.57. The molecule has 1 unspecified atom stereocenters. The Morgan fingerprint density at radius 3 is 2.95 bits per heavy atom. The summed E-state index contributed by atoms with van der Waals surface area (Å²) < 4.78 is 24.3. The van der Waals surface area contributed by atoms with Gasteiger partial charge in [0.1, 0.15) is 11.9 Å². The molecule has 0 aliphatic heterocycles. The first-order valence-corrected chi connectivity index (χ1v) is 6.69. The highest BCUT2D eigenvalue weighted by Crippen LogP contribution is 2.42. The molecule has 1 aromatic carbocycles. The van der Waals surface area contributed by atoms with E-state index < -0.39 is 5.82 Å². The molecule has 0 bridgehead atoms. The summed E-state index contributed by atoms with van der Waals surface area (Å²) in [6, 6.07) is 4.43. The van der Waals surface area contributed by atoms with Gasteiger partial charge in [-0.1, -0.05) is 5.16 Å². The average Bonchev–Trinajstić information content (AvgIpc) is 3.16. The fourth-order valence-electron chi connectivity index (χ4n) is 2.13. The van der Waals surface area contributed by atoms with Gasteiger partial charge in [0.25, 0.3) is 5.89 Å². The zero-order valence-corrected chi connectivity index (χ0v) is 11.2. The Hall–Kier alpha value is -1.95. The molecule has 1 saturated carbocycles. The summed E-state index contributed by atoms with van der Waals surface area (Å²) in [5.74, 6) is 0.778. The van der Waals surface area contributed by atoms with Crippen molar-refractivity contribution in [2.75, 3.05) is 12.3 Å². The lowest BCUT2D eigenvalue weighted by molar-refractivity contribution is 0.0385. The number of benzene rings is 1. The number of rotatable bonds is 5. The number of hydrogen-bond donors (Lipinski definition) is 1. The van der Waals surface area contributed by atoms with Gasteiger partial charge in [-0.2, -0.15) is 4.98 Å². The van der Waals surface area contributed by atoms with Crippen molar-refractivity contribution in [2.45, 2.75) is 25.9 Å². The molecule has 0 amide bonds. The Kier molecular flexibility index (Phi) is 3.40. The minimum atomic E-state index is -0.495. The molecule has 2 N–H and O–H groups in total. The number of nitrogens with two attached hydrogens (primary N) is 1. The van der Waals surface area contributed by atoms with Crippen molar-refractivity contribution in [1.82, 2.24) is 10.1 Å². The molecule has 1 heterocycles. The van der Waals surface area contributed by atoms with Crippen LogP contribution >= 0.6 is 0 Å². The molecule has 106 valence electrons. The first-order chi connectivity index (χ1) is 9.69. The lowest BCUT2D eigenvalue weighted by atomic mass is 10.2. The van der Waals surface area contributed by atoms with Crippen molar-refractivity contribution >= 4 is 5.69 Å². The molecule has 0 spiro atoms. The van der Waals surface area contributed by atoms with Crippen molar-refractivity contribution in [1.29, 1.82) is 0 Å². The Morgan fingerprint density at radius 2 is 2.30 bits per heavy atom. The van der Waals surface area contributed by atoms with Crippen molar-refractivity contribution in [2.24, 2.45) is 5.92 Å². The van der Waals surface area contributed by atoms with Gasteiger partial charge < -0.3 is 15.0 Å². The number of nitrogens with zero attached hydrogens (tertiary/aromatic N) is 2. The van der Waals surface area contributed by atoms with E-state index in [4.69, 9.17) is 15.0 Å². The van der Waals surface area contributed by atoms with Crippen molar-refractivity contribution in [3.8, 4) is 11.5 Å². The van der Waals surface area contributed by atoms with E-state index in [0.29, 0.717) is 23.9 Å². The number of hydrogen-bond acceptors (Lipinski definition) is 5. The molecule has 3 rings (SSSR count). The maximum Gasteiger partial charge on any atom is 0.258 e. The van der Waals surface area contributed by atoms with E-state index in [1.165, 1.54) is 12.1 Å². The Morgan fingerprint density at radius 1 is 1.50 bits per heavy atom. The van der Waals surface area contributed by atoms with Gasteiger partial charge in [0, 0.05) is 12.2 Å². The summed E-state index contributed by atoms with van der Waals surface area (Å²) >= 11 is 0. The first-order valence-electron chi connectivity index (χ1n) is 6.69. The van der Waals surface area contributed by atoms with Gasteiger partial charge >= 0.3 is 0 Å². The molecule has 2 aromatic rings. The van der Waals surface area contributed by atoms with E-state index in [-0.39, 0.29) is 17.7 Å². The van der Waals surface area contributed by atoms with Crippen molar-refractivity contribution in [3.05, 3.63) is 29.8 Å². The minimum absolute atomic E-state index is 0.0960. The summed E-state index contributed by atoms with van der Waals surface area (Å²) in [5, 5.41) is 3.96. The van der Waals surface area contributed by atoms with E-state index in [2.05, 4.69) is 10.1 Å². The van der Waals surface area contributed by atoms with E-state index in [1.54, 1.807) is 6.07 Å². The second kappa shape index (κ2) is 5.20. The van der Waals surface area contributed by atoms with Crippen LogP contribution in [-0.2, 0) is 4.74 Å². The van der Waals surface area contributed by atoms with Crippen LogP contribution in [0.4, 0.5) is 10.1 Å². The second-order valence-corrected chi connectivity index (χ2v) is 4.91. The normalized spacial score (nSPS) is 16.3. The van der Waals surface area contributed by atoms with Gasteiger partial charge in [-0.15, -0.1) is 0 Å². The maximum absolute atomic E-state index is 13.4. The molecule has 1 aliphatic rings. The zero-order chi connectivity index (χ0) is 14.1. The van der Waals surface area contributed by atoms with Gasteiger partial charge in [0.15, 0.2) is 0 Å². The average molecular weight is 277 g/mol. The predicted octanol–water partition coefficient (Wildman–Crippen LogP) is 2.95. The van der Waals surface area contributed by atoms with Gasteiger partial charge in [-0.25, -0.2) is 4.39 Å². The second-order valence-electron chi connectivity index (χ2n) is 4.91. The fraction of sp³-hybridized carbons (Fsp3) is 0.429. The Labute approximate surface area is 115 Å². The van der Waals surface area contributed by atoms with Crippen LogP contribution in [0.2, 0.25) is 0 Å².